The van der Waals surface area contributed by atoms with Gasteiger partial charge in [-0.1, -0.05) is 0 Å². The number of halogens is 2. The van der Waals surface area contributed by atoms with Crippen molar-refractivity contribution in [1.29, 1.82) is 0 Å². The van der Waals surface area contributed by atoms with E-state index in [2.05, 4.69) is 5.32 Å². The lowest BCUT2D eigenvalue weighted by Crippen LogP contribution is -2.60. The molecule has 20 heavy (non-hydrogen) atoms. The van der Waals surface area contributed by atoms with Crippen molar-refractivity contribution in [2.75, 3.05) is 11.9 Å². The van der Waals surface area contributed by atoms with Crippen LogP contribution in [-0.4, -0.2) is 29.5 Å². The molecule has 0 aromatic heterocycles. The molecule has 2 N–H and O–H groups in total. The lowest BCUT2D eigenvalue weighted by molar-refractivity contribution is -0.168. The van der Waals surface area contributed by atoms with Crippen molar-refractivity contribution in [2.24, 2.45) is 0 Å². The molecule has 1 saturated carbocycles. The molecule has 2 fully saturated rings. The Morgan fingerprint density at radius 1 is 1.20 bits per heavy atom. The molecule has 1 saturated heterocycles. The van der Waals surface area contributed by atoms with Crippen LogP contribution in [0.2, 0.25) is 0 Å². The Balaban J connectivity index is 1.79. The van der Waals surface area contributed by atoms with Crippen molar-refractivity contribution in [3.63, 3.8) is 0 Å². The number of anilines is 1. The molecule has 1 aliphatic carbocycles. The second-order valence-electron chi connectivity index (χ2n) is 5.71. The number of benzene rings is 1. The third kappa shape index (κ3) is 2.40. The Hall–Kier alpha value is -1.20. The van der Waals surface area contributed by atoms with Gasteiger partial charge in [0.2, 0.25) is 0 Å². The molecule has 1 heterocycles. The highest BCUT2D eigenvalue weighted by atomic mass is 19.2. The van der Waals surface area contributed by atoms with E-state index in [4.69, 9.17) is 4.74 Å². The first-order valence-corrected chi connectivity index (χ1v) is 7.15. The first-order valence-electron chi connectivity index (χ1n) is 7.15. The normalized spacial score (nSPS) is 33.5. The molecular formula is C15H19F2NO2. The van der Waals surface area contributed by atoms with E-state index >= 15 is 0 Å². The van der Waals surface area contributed by atoms with Crippen LogP contribution >= 0.6 is 0 Å². The van der Waals surface area contributed by atoms with E-state index in [0.29, 0.717) is 18.7 Å². The van der Waals surface area contributed by atoms with Crippen molar-refractivity contribution in [3.8, 4) is 0 Å². The molecule has 1 aliphatic heterocycles. The minimum Gasteiger partial charge on any atom is -0.385 e. The van der Waals surface area contributed by atoms with E-state index in [0.717, 1.165) is 37.8 Å². The van der Waals surface area contributed by atoms with Crippen molar-refractivity contribution < 1.29 is 18.6 Å². The summed E-state index contributed by atoms with van der Waals surface area (Å²) in [4.78, 5) is 0. The second-order valence-corrected chi connectivity index (χ2v) is 5.71. The van der Waals surface area contributed by atoms with Crippen LogP contribution in [0.3, 0.4) is 0 Å². The van der Waals surface area contributed by atoms with Gasteiger partial charge in [-0.15, -0.1) is 0 Å². The van der Waals surface area contributed by atoms with Crippen LogP contribution in [0.5, 0.6) is 0 Å². The van der Waals surface area contributed by atoms with Gasteiger partial charge in [-0.3, -0.25) is 0 Å². The smallest absolute Gasteiger partial charge is 0.160 e. The highest BCUT2D eigenvalue weighted by Crippen LogP contribution is 2.39. The number of ether oxygens (including phenoxy) is 1. The van der Waals surface area contributed by atoms with Crippen molar-refractivity contribution in [1.82, 2.24) is 0 Å². The molecule has 5 heteroatoms. The molecule has 0 radical (unpaired) electrons. The minimum atomic E-state index is -0.915. The van der Waals surface area contributed by atoms with E-state index in [-0.39, 0.29) is 12.1 Å². The molecule has 3 atom stereocenters. The average Bonchev–Trinajstić information content (AvgIpc) is 2.43. The summed E-state index contributed by atoms with van der Waals surface area (Å²) in [6.45, 7) is 0.685. The van der Waals surface area contributed by atoms with Crippen molar-refractivity contribution in [2.45, 2.75) is 49.9 Å². The van der Waals surface area contributed by atoms with Gasteiger partial charge in [0.25, 0.3) is 0 Å². The zero-order valence-corrected chi connectivity index (χ0v) is 11.2. The maximum absolute atomic E-state index is 13.3. The van der Waals surface area contributed by atoms with E-state index in [1.807, 2.05) is 0 Å². The van der Waals surface area contributed by atoms with Gasteiger partial charge >= 0.3 is 0 Å². The van der Waals surface area contributed by atoms with Crippen molar-refractivity contribution >= 4 is 5.69 Å². The molecule has 3 nitrogen and oxygen atoms in total. The quantitative estimate of drug-likeness (QED) is 0.877. The van der Waals surface area contributed by atoms with Gasteiger partial charge in [0.05, 0.1) is 12.1 Å². The molecule has 2 aliphatic rings. The lowest BCUT2D eigenvalue weighted by atomic mass is 9.74. The molecule has 0 spiro atoms. The molecule has 3 rings (SSSR count). The molecule has 1 aromatic rings. The van der Waals surface area contributed by atoms with Gasteiger partial charge in [0, 0.05) is 18.4 Å². The summed E-state index contributed by atoms with van der Waals surface area (Å²) in [6, 6.07) is 3.53. The van der Waals surface area contributed by atoms with Gasteiger partial charge in [-0.2, -0.15) is 0 Å². The molecule has 3 unspecified atom stereocenters. The summed E-state index contributed by atoms with van der Waals surface area (Å²) in [6.07, 6.45) is 3.95. The van der Waals surface area contributed by atoms with Gasteiger partial charge in [0.15, 0.2) is 11.6 Å². The fraction of sp³-hybridized carbons (Fsp3) is 0.600. The van der Waals surface area contributed by atoms with Gasteiger partial charge in [-0.05, 0) is 44.2 Å². The van der Waals surface area contributed by atoms with Crippen LogP contribution in [0.1, 0.15) is 32.1 Å². The Labute approximate surface area is 116 Å². The number of nitrogens with one attached hydrogen (secondary N) is 1. The van der Waals surface area contributed by atoms with Gasteiger partial charge < -0.3 is 15.2 Å². The molecular weight excluding hydrogens is 264 g/mol. The topological polar surface area (TPSA) is 41.5 Å². The third-order valence-corrected chi connectivity index (χ3v) is 4.42. The van der Waals surface area contributed by atoms with Crippen LogP contribution in [0.4, 0.5) is 14.5 Å². The zero-order chi connectivity index (χ0) is 14.2. The summed E-state index contributed by atoms with van der Waals surface area (Å²) in [5, 5.41) is 14.0. The summed E-state index contributed by atoms with van der Waals surface area (Å²) in [5.41, 5.74) is -0.421. The largest absolute Gasteiger partial charge is 0.385 e. The first kappa shape index (κ1) is 13.8. The predicted octanol–water partition coefficient (Wildman–Crippen LogP) is 2.84. The summed E-state index contributed by atoms with van der Waals surface area (Å²) >= 11 is 0. The van der Waals surface area contributed by atoms with Crippen molar-refractivity contribution in [3.05, 3.63) is 29.8 Å². The maximum Gasteiger partial charge on any atom is 0.160 e. The number of fused-ring (bicyclic) bond motifs is 1. The van der Waals surface area contributed by atoms with E-state index in [1.54, 1.807) is 0 Å². The summed E-state index contributed by atoms with van der Waals surface area (Å²) < 4.78 is 31.9. The Kier molecular flexibility index (Phi) is 3.65. The van der Waals surface area contributed by atoms with Crippen LogP contribution in [-0.2, 0) is 4.74 Å². The first-order chi connectivity index (χ1) is 9.59. The molecule has 110 valence electrons. The third-order valence-electron chi connectivity index (χ3n) is 4.42. The number of rotatable bonds is 2. The van der Waals surface area contributed by atoms with Crippen LogP contribution < -0.4 is 5.32 Å². The van der Waals surface area contributed by atoms with Gasteiger partial charge in [-0.25, -0.2) is 8.78 Å². The fourth-order valence-electron chi connectivity index (χ4n) is 3.36. The standard InChI is InChI=1S/C15H19F2NO2/c16-11-6-5-10(9-12(11)17)18-13-3-1-4-14-15(13,19)7-2-8-20-14/h5-6,9,13-14,18-19H,1-4,7-8H2. The van der Waals surface area contributed by atoms with E-state index in [9.17, 15) is 13.9 Å². The second kappa shape index (κ2) is 5.30. The summed E-state index contributed by atoms with van der Waals surface area (Å²) in [5.74, 6) is -1.74. The highest BCUT2D eigenvalue weighted by molar-refractivity contribution is 5.45. The average molecular weight is 283 g/mol. The van der Waals surface area contributed by atoms with E-state index in [1.165, 1.54) is 6.07 Å². The fourth-order valence-corrected chi connectivity index (χ4v) is 3.36. The Bertz CT molecular complexity index is 495. The number of hydrogen-bond acceptors (Lipinski definition) is 3. The van der Waals surface area contributed by atoms with E-state index < -0.39 is 17.2 Å². The predicted molar refractivity (Wildman–Crippen MR) is 71.5 cm³/mol. The minimum absolute atomic E-state index is 0.159. The Morgan fingerprint density at radius 2 is 2.05 bits per heavy atom. The zero-order valence-electron chi connectivity index (χ0n) is 11.2. The maximum atomic E-state index is 13.3. The number of hydrogen-bond donors (Lipinski definition) is 2. The van der Waals surface area contributed by atoms with Crippen LogP contribution in [0.25, 0.3) is 0 Å². The highest BCUT2D eigenvalue weighted by Gasteiger charge is 2.48. The molecule has 0 bridgehead atoms. The SMILES string of the molecule is OC12CCCOC1CCCC2Nc1ccc(F)c(F)c1. The lowest BCUT2D eigenvalue weighted by Gasteiger charge is -2.48. The summed E-state index contributed by atoms with van der Waals surface area (Å²) in [7, 11) is 0. The van der Waals surface area contributed by atoms with Crippen LogP contribution in [0, 0.1) is 11.6 Å². The monoisotopic (exact) mass is 283 g/mol. The Morgan fingerprint density at radius 3 is 2.85 bits per heavy atom. The molecule has 0 amide bonds. The number of aliphatic hydroxyl groups is 1. The van der Waals surface area contributed by atoms with Gasteiger partial charge in [0.1, 0.15) is 5.60 Å². The van der Waals surface area contributed by atoms with Crippen LogP contribution in [0.15, 0.2) is 18.2 Å². The molecule has 1 aromatic carbocycles.